The summed E-state index contributed by atoms with van der Waals surface area (Å²) in [5.41, 5.74) is 0.873. The Morgan fingerprint density at radius 2 is 2.27 bits per heavy atom. The molecule has 0 fully saturated rings. The average molecular weight is 230 g/mol. The van der Waals surface area contributed by atoms with Gasteiger partial charge < -0.3 is 10.1 Å². The number of aryl methyl sites for hydroxylation is 1. The van der Waals surface area contributed by atoms with Crippen LogP contribution in [0.4, 0.5) is 5.95 Å². The first-order valence-corrected chi connectivity index (χ1v) is 5.50. The molecule has 5 heteroatoms. The third kappa shape index (κ3) is 3.91. The number of hydrogen-bond donors (Lipinski definition) is 1. The molecule has 15 heavy (non-hydrogen) atoms. The van der Waals surface area contributed by atoms with Crippen LogP contribution in [-0.2, 0) is 0 Å². The summed E-state index contributed by atoms with van der Waals surface area (Å²) in [6, 6.07) is 1.95. The summed E-state index contributed by atoms with van der Waals surface area (Å²) in [6.45, 7) is 6.40. The van der Waals surface area contributed by atoms with E-state index in [0.717, 1.165) is 5.69 Å². The van der Waals surface area contributed by atoms with Crippen molar-refractivity contribution in [1.82, 2.24) is 9.97 Å². The first-order chi connectivity index (χ1) is 7.15. The molecule has 0 saturated heterocycles. The molecule has 0 radical (unpaired) electrons. The van der Waals surface area contributed by atoms with Gasteiger partial charge >= 0.3 is 0 Å². The van der Waals surface area contributed by atoms with Crippen LogP contribution in [0.15, 0.2) is 6.07 Å². The highest BCUT2D eigenvalue weighted by Crippen LogP contribution is 2.12. The molecule has 1 N–H and O–H groups in total. The molecule has 0 aliphatic heterocycles. The van der Waals surface area contributed by atoms with Gasteiger partial charge in [-0.15, -0.1) is 11.6 Å². The number of nitrogens with zero attached hydrogens (tertiary/aromatic N) is 2. The van der Waals surface area contributed by atoms with Gasteiger partial charge in [0.05, 0.1) is 6.61 Å². The second kappa shape index (κ2) is 5.75. The van der Waals surface area contributed by atoms with E-state index in [1.54, 1.807) is 6.07 Å². The monoisotopic (exact) mass is 229 g/mol. The van der Waals surface area contributed by atoms with Gasteiger partial charge in [-0.2, -0.15) is 4.98 Å². The summed E-state index contributed by atoms with van der Waals surface area (Å²) in [5.74, 6) is 1.67. The van der Waals surface area contributed by atoms with Gasteiger partial charge in [0.2, 0.25) is 11.8 Å². The van der Waals surface area contributed by atoms with Crippen molar-refractivity contribution in [2.24, 2.45) is 0 Å². The van der Waals surface area contributed by atoms with E-state index >= 15 is 0 Å². The highest BCUT2D eigenvalue weighted by molar-refractivity contribution is 6.18. The lowest BCUT2D eigenvalue weighted by Gasteiger charge is -2.11. The van der Waals surface area contributed by atoms with E-state index in [1.165, 1.54) is 0 Å². The zero-order chi connectivity index (χ0) is 11.3. The van der Waals surface area contributed by atoms with Gasteiger partial charge in [0.25, 0.3) is 0 Å². The Hall–Kier alpha value is -1.03. The largest absolute Gasteiger partial charge is 0.478 e. The third-order valence-electron chi connectivity index (χ3n) is 1.73. The number of aromatic nitrogens is 2. The fourth-order valence-electron chi connectivity index (χ4n) is 1.09. The molecule has 0 amide bonds. The van der Waals surface area contributed by atoms with Gasteiger partial charge in [-0.25, -0.2) is 4.98 Å². The van der Waals surface area contributed by atoms with E-state index in [-0.39, 0.29) is 6.04 Å². The molecule has 0 saturated carbocycles. The van der Waals surface area contributed by atoms with Crippen molar-refractivity contribution in [3.05, 3.63) is 11.8 Å². The molecule has 0 aliphatic carbocycles. The number of rotatable bonds is 5. The van der Waals surface area contributed by atoms with Crippen LogP contribution in [0.1, 0.15) is 19.5 Å². The minimum atomic E-state index is 0.142. The summed E-state index contributed by atoms with van der Waals surface area (Å²) >= 11 is 5.69. The fraction of sp³-hybridized carbons (Fsp3) is 0.600. The molecule has 1 aromatic heterocycles. The van der Waals surface area contributed by atoms with Crippen LogP contribution in [-0.4, -0.2) is 28.5 Å². The molecule has 4 nitrogen and oxygen atoms in total. The average Bonchev–Trinajstić information content (AvgIpc) is 2.17. The van der Waals surface area contributed by atoms with Crippen molar-refractivity contribution in [3.63, 3.8) is 0 Å². The minimum absolute atomic E-state index is 0.142. The van der Waals surface area contributed by atoms with Gasteiger partial charge in [-0.05, 0) is 20.8 Å². The van der Waals surface area contributed by atoms with Crippen molar-refractivity contribution in [2.45, 2.75) is 26.8 Å². The van der Waals surface area contributed by atoms with E-state index in [9.17, 15) is 0 Å². The van der Waals surface area contributed by atoms with Crippen molar-refractivity contribution in [3.8, 4) is 5.88 Å². The van der Waals surface area contributed by atoms with E-state index in [2.05, 4.69) is 15.3 Å². The molecule has 0 aromatic carbocycles. The lowest BCUT2D eigenvalue weighted by Crippen LogP contribution is -2.18. The summed E-state index contributed by atoms with van der Waals surface area (Å²) in [7, 11) is 0. The standard InChI is InChI=1S/C10H16ClN3O/c1-4-15-9-5-7(2)12-10(14-9)13-8(3)6-11/h5,8H,4,6H2,1-3H3,(H,12,13,14). The van der Waals surface area contributed by atoms with Crippen LogP contribution < -0.4 is 10.1 Å². The Labute approximate surface area is 95.0 Å². The summed E-state index contributed by atoms with van der Waals surface area (Å²) in [6.07, 6.45) is 0. The highest BCUT2D eigenvalue weighted by atomic mass is 35.5. The smallest absolute Gasteiger partial charge is 0.226 e. The van der Waals surface area contributed by atoms with Crippen LogP contribution in [0.2, 0.25) is 0 Å². The van der Waals surface area contributed by atoms with Crippen molar-refractivity contribution >= 4 is 17.5 Å². The van der Waals surface area contributed by atoms with Crippen LogP contribution in [0.25, 0.3) is 0 Å². The molecule has 0 bridgehead atoms. The molecular weight excluding hydrogens is 214 g/mol. The molecule has 1 aromatic rings. The molecule has 0 aliphatic rings. The number of ether oxygens (including phenoxy) is 1. The Balaban J connectivity index is 2.78. The van der Waals surface area contributed by atoms with Crippen molar-refractivity contribution < 1.29 is 4.74 Å². The molecule has 0 spiro atoms. The molecule has 1 heterocycles. The number of halogens is 1. The Morgan fingerprint density at radius 1 is 1.53 bits per heavy atom. The van der Waals surface area contributed by atoms with Crippen LogP contribution in [0, 0.1) is 6.92 Å². The zero-order valence-electron chi connectivity index (χ0n) is 9.25. The number of anilines is 1. The maximum absolute atomic E-state index is 5.69. The SMILES string of the molecule is CCOc1cc(C)nc(NC(C)CCl)n1. The number of nitrogens with one attached hydrogen (secondary N) is 1. The second-order valence-corrected chi connectivity index (χ2v) is 3.61. The van der Waals surface area contributed by atoms with E-state index in [0.29, 0.717) is 24.3 Å². The Morgan fingerprint density at radius 3 is 2.87 bits per heavy atom. The van der Waals surface area contributed by atoms with Crippen LogP contribution in [0.5, 0.6) is 5.88 Å². The van der Waals surface area contributed by atoms with Gasteiger partial charge in [0.1, 0.15) is 0 Å². The number of hydrogen-bond acceptors (Lipinski definition) is 4. The maximum atomic E-state index is 5.69. The first-order valence-electron chi connectivity index (χ1n) is 4.96. The Bertz CT molecular complexity index is 320. The molecule has 84 valence electrons. The van der Waals surface area contributed by atoms with E-state index in [1.807, 2.05) is 20.8 Å². The lowest BCUT2D eigenvalue weighted by molar-refractivity contribution is 0.326. The molecule has 1 unspecified atom stereocenters. The molecule has 1 atom stereocenters. The van der Waals surface area contributed by atoms with Crippen molar-refractivity contribution in [2.75, 3.05) is 17.8 Å². The topological polar surface area (TPSA) is 47.0 Å². The normalized spacial score (nSPS) is 12.3. The van der Waals surface area contributed by atoms with Gasteiger partial charge in [-0.1, -0.05) is 0 Å². The number of alkyl halides is 1. The van der Waals surface area contributed by atoms with Gasteiger partial charge in [0, 0.05) is 23.7 Å². The quantitative estimate of drug-likeness (QED) is 0.787. The zero-order valence-corrected chi connectivity index (χ0v) is 10.0. The van der Waals surface area contributed by atoms with Crippen molar-refractivity contribution in [1.29, 1.82) is 0 Å². The first kappa shape index (κ1) is 12.0. The Kier molecular flexibility index (Phi) is 4.62. The molecular formula is C10H16ClN3O. The van der Waals surface area contributed by atoms with Crippen LogP contribution in [0.3, 0.4) is 0 Å². The predicted molar refractivity (Wildman–Crippen MR) is 61.7 cm³/mol. The van der Waals surface area contributed by atoms with Gasteiger partial charge in [-0.3, -0.25) is 0 Å². The second-order valence-electron chi connectivity index (χ2n) is 3.30. The van der Waals surface area contributed by atoms with E-state index in [4.69, 9.17) is 16.3 Å². The van der Waals surface area contributed by atoms with Gasteiger partial charge in [0.15, 0.2) is 0 Å². The van der Waals surface area contributed by atoms with Crippen LogP contribution >= 0.6 is 11.6 Å². The lowest BCUT2D eigenvalue weighted by atomic mass is 10.4. The van der Waals surface area contributed by atoms with E-state index < -0.39 is 0 Å². The summed E-state index contributed by atoms with van der Waals surface area (Å²) < 4.78 is 5.32. The maximum Gasteiger partial charge on any atom is 0.226 e. The minimum Gasteiger partial charge on any atom is -0.478 e. The predicted octanol–water partition coefficient (Wildman–Crippen LogP) is 2.22. The summed E-state index contributed by atoms with van der Waals surface area (Å²) in [4.78, 5) is 8.45. The summed E-state index contributed by atoms with van der Waals surface area (Å²) in [5, 5.41) is 3.10. The fourth-order valence-corrected chi connectivity index (χ4v) is 1.16. The highest BCUT2D eigenvalue weighted by Gasteiger charge is 2.05. The third-order valence-corrected chi connectivity index (χ3v) is 2.19. The molecule has 1 rings (SSSR count).